The van der Waals surface area contributed by atoms with E-state index in [9.17, 15) is 4.79 Å². The number of fused-ring (bicyclic) bond motifs is 1. The molecular formula is C18H16Cl2N2O3. The van der Waals surface area contributed by atoms with Gasteiger partial charge in [-0.3, -0.25) is 4.79 Å². The summed E-state index contributed by atoms with van der Waals surface area (Å²) in [6, 6.07) is 10.9. The lowest BCUT2D eigenvalue weighted by molar-refractivity contribution is 0.0747. The Kier molecular flexibility index (Phi) is 4.36. The van der Waals surface area contributed by atoms with Gasteiger partial charge in [0, 0.05) is 43.0 Å². The van der Waals surface area contributed by atoms with E-state index < -0.39 is 0 Å². The molecule has 2 aliphatic heterocycles. The summed E-state index contributed by atoms with van der Waals surface area (Å²) in [6.07, 6.45) is 0. The molecule has 1 fully saturated rings. The summed E-state index contributed by atoms with van der Waals surface area (Å²) >= 11 is 12.1. The van der Waals surface area contributed by atoms with Crippen molar-refractivity contribution in [2.75, 3.05) is 37.9 Å². The minimum Gasteiger partial charge on any atom is -0.454 e. The van der Waals surface area contributed by atoms with Gasteiger partial charge in [0.15, 0.2) is 11.5 Å². The van der Waals surface area contributed by atoms with Crippen molar-refractivity contribution in [2.45, 2.75) is 0 Å². The van der Waals surface area contributed by atoms with Crippen LogP contribution in [0.2, 0.25) is 10.0 Å². The lowest BCUT2D eigenvalue weighted by Gasteiger charge is -2.36. The van der Waals surface area contributed by atoms with Gasteiger partial charge in [-0.05, 0) is 30.3 Å². The highest BCUT2D eigenvalue weighted by Crippen LogP contribution is 2.35. The molecule has 2 aromatic rings. The Bertz CT molecular complexity index is 820. The van der Waals surface area contributed by atoms with Crippen LogP contribution in [-0.4, -0.2) is 43.8 Å². The second-order valence-electron chi connectivity index (χ2n) is 5.94. The van der Waals surface area contributed by atoms with Gasteiger partial charge in [0.1, 0.15) is 0 Å². The standard InChI is InChI=1S/C18H16Cl2N2O3/c19-12-1-3-14(15(20)9-12)18(23)22-7-5-21(6-8-22)13-2-4-16-17(10-13)25-11-24-16/h1-4,9-10H,5-8,11H2. The van der Waals surface area contributed by atoms with E-state index in [1.807, 2.05) is 23.1 Å². The molecule has 0 bridgehead atoms. The summed E-state index contributed by atoms with van der Waals surface area (Å²) in [4.78, 5) is 16.7. The lowest BCUT2D eigenvalue weighted by Crippen LogP contribution is -2.48. The van der Waals surface area contributed by atoms with Crippen LogP contribution >= 0.6 is 23.2 Å². The summed E-state index contributed by atoms with van der Waals surface area (Å²) < 4.78 is 10.8. The molecule has 0 atom stereocenters. The average Bonchev–Trinajstić information content (AvgIpc) is 3.09. The molecule has 0 radical (unpaired) electrons. The Morgan fingerprint density at radius 3 is 2.44 bits per heavy atom. The van der Waals surface area contributed by atoms with Crippen LogP contribution in [0.5, 0.6) is 11.5 Å². The molecule has 0 aliphatic carbocycles. The van der Waals surface area contributed by atoms with E-state index in [0.29, 0.717) is 28.7 Å². The number of rotatable bonds is 2. The lowest BCUT2D eigenvalue weighted by atomic mass is 10.1. The Morgan fingerprint density at radius 1 is 0.920 bits per heavy atom. The van der Waals surface area contributed by atoms with Crippen molar-refractivity contribution < 1.29 is 14.3 Å². The molecule has 0 aromatic heterocycles. The monoisotopic (exact) mass is 378 g/mol. The number of halogens is 2. The van der Waals surface area contributed by atoms with Crippen molar-refractivity contribution in [1.29, 1.82) is 0 Å². The van der Waals surface area contributed by atoms with Crippen LogP contribution in [0.25, 0.3) is 0 Å². The molecule has 7 heteroatoms. The fraction of sp³-hybridized carbons (Fsp3) is 0.278. The van der Waals surface area contributed by atoms with Gasteiger partial charge in [-0.25, -0.2) is 0 Å². The van der Waals surface area contributed by atoms with Crippen molar-refractivity contribution >= 4 is 34.8 Å². The number of carbonyl (C=O) groups excluding carboxylic acids is 1. The van der Waals surface area contributed by atoms with E-state index in [-0.39, 0.29) is 12.7 Å². The number of amides is 1. The molecule has 0 N–H and O–H groups in total. The van der Waals surface area contributed by atoms with Crippen molar-refractivity contribution in [3.05, 3.63) is 52.0 Å². The first-order chi connectivity index (χ1) is 12.1. The maximum atomic E-state index is 12.7. The number of hydrogen-bond acceptors (Lipinski definition) is 4. The third kappa shape index (κ3) is 3.22. The van der Waals surface area contributed by atoms with E-state index in [2.05, 4.69) is 4.90 Å². The molecule has 0 unspecified atom stereocenters. The first-order valence-electron chi connectivity index (χ1n) is 8.01. The Hall–Kier alpha value is -2.11. The third-order valence-corrected chi connectivity index (χ3v) is 5.00. The van der Waals surface area contributed by atoms with Crippen LogP contribution in [0.3, 0.4) is 0 Å². The normalized spacial score (nSPS) is 16.2. The van der Waals surface area contributed by atoms with Crippen LogP contribution in [0.15, 0.2) is 36.4 Å². The molecular weight excluding hydrogens is 363 g/mol. The van der Waals surface area contributed by atoms with Crippen molar-refractivity contribution in [3.63, 3.8) is 0 Å². The molecule has 1 amide bonds. The molecule has 2 heterocycles. The molecule has 2 aromatic carbocycles. The van der Waals surface area contributed by atoms with Gasteiger partial charge >= 0.3 is 0 Å². The smallest absolute Gasteiger partial charge is 0.255 e. The van der Waals surface area contributed by atoms with Crippen molar-refractivity contribution in [1.82, 2.24) is 4.90 Å². The van der Waals surface area contributed by atoms with E-state index in [4.69, 9.17) is 32.7 Å². The highest BCUT2D eigenvalue weighted by Gasteiger charge is 2.25. The van der Waals surface area contributed by atoms with Crippen LogP contribution in [-0.2, 0) is 0 Å². The molecule has 25 heavy (non-hydrogen) atoms. The molecule has 1 saturated heterocycles. The number of benzene rings is 2. The Balaban J connectivity index is 1.43. The van der Waals surface area contributed by atoms with Gasteiger partial charge in [-0.2, -0.15) is 0 Å². The SMILES string of the molecule is O=C(c1ccc(Cl)cc1Cl)N1CCN(c2ccc3c(c2)OCO3)CC1. The van der Waals surface area contributed by atoms with E-state index in [0.717, 1.165) is 30.3 Å². The molecule has 4 rings (SSSR count). The summed E-state index contributed by atoms with van der Waals surface area (Å²) in [5.41, 5.74) is 1.56. The second kappa shape index (κ2) is 6.65. The van der Waals surface area contributed by atoms with Crippen LogP contribution < -0.4 is 14.4 Å². The largest absolute Gasteiger partial charge is 0.454 e. The quantitative estimate of drug-likeness (QED) is 0.799. The van der Waals surface area contributed by atoms with Crippen molar-refractivity contribution in [3.8, 4) is 11.5 Å². The number of piperazine rings is 1. The minimum atomic E-state index is -0.0630. The minimum absolute atomic E-state index is 0.0630. The van der Waals surface area contributed by atoms with E-state index in [1.165, 1.54) is 0 Å². The highest BCUT2D eigenvalue weighted by atomic mass is 35.5. The van der Waals surface area contributed by atoms with E-state index >= 15 is 0 Å². The number of carbonyl (C=O) groups is 1. The molecule has 0 spiro atoms. The fourth-order valence-electron chi connectivity index (χ4n) is 3.08. The molecule has 5 nitrogen and oxygen atoms in total. The topological polar surface area (TPSA) is 42.0 Å². The van der Waals surface area contributed by atoms with Gasteiger partial charge in [0.05, 0.1) is 10.6 Å². The van der Waals surface area contributed by atoms with Crippen molar-refractivity contribution in [2.24, 2.45) is 0 Å². The Labute approximate surface area is 155 Å². The first-order valence-corrected chi connectivity index (χ1v) is 8.76. The van der Waals surface area contributed by atoms with Crippen LogP contribution in [0.1, 0.15) is 10.4 Å². The average molecular weight is 379 g/mol. The first kappa shape index (κ1) is 16.4. The number of nitrogens with zero attached hydrogens (tertiary/aromatic N) is 2. The number of ether oxygens (including phenoxy) is 2. The zero-order valence-electron chi connectivity index (χ0n) is 13.4. The van der Waals surface area contributed by atoms with Gasteiger partial charge in [0.25, 0.3) is 5.91 Å². The third-order valence-electron chi connectivity index (χ3n) is 4.45. The summed E-state index contributed by atoms with van der Waals surface area (Å²) in [5.74, 6) is 1.48. The summed E-state index contributed by atoms with van der Waals surface area (Å²) in [5, 5.41) is 0.907. The molecule has 130 valence electrons. The zero-order valence-corrected chi connectivity index (χ0v) is 14.9. The maximum Gasteiger partial charge on any atom is 0.255 e. The second-order valence-corrected chi connectivity index (χ2v) is 6.78. The van der Waals surface area contributed by atoms with Gasteiger partial charge in [-0.15, -0.1) is 0 Å². The Morgan fingerprint density at radius 2 is 1.68 bits per heavy atom. The van der Waals surface area contributed by atoms with Gasteiger partial charge in [0.2, 0.25) is 6.79 Å². The van der Waals surface area contributed by atoms with Crippen LogP contribution in [0.4, 0.5) is 5.69 Å². The highest BCUT2D eigenvalue weighted by molar-refractivity contribution is 6.36. The number of anilines is 1. The predicted molar refractivity (Wildman–Crippen MR) is 97.1 cm³/mol. The molecule has 2 aliphatic rings. The summed E-state index contributed by atoms with van der Waals surface area (Å²) in [6.45, 7) is 3.02. The fourth-order valence-corrected chi connectivity index (χ4v) is 3.57. The molecule has 0 saturated carbocycles. The van der Waals surface area contributed by atoms with Crippen LogP contribution in [0, 0.1) is 0 Å². The summed E-state index contributed by atoms with van der Waals surface area (Å²) in [7, 11) is 0. The maximum absolute atomic E-state index is 12.7. The van der Waals surface area contributed by atoms with Gasteiger partial charge < -0.3 is 19.3 Å². The predicted octanol–water partition coefficient (Wildman–Crippen LogP) is 3.68. The zero-order chi connectivity index (χ0) is 17.4. The number of hydrogen-bond donors (Lipinski definition) is 0. The van der Waals surface area contributed by atoms with Gasteiger partial charge in [-0.1, -0.05) is 23.2 Å². The van der Waals surface area contributed by atoms with E-state index in [1.54, 1.807) is 18.2 Å².